The number of amides is 1. The Kier molecular flexibility index (Phi) is 4.50. The maximum Gasteiger partial charge on any atom is 0.234 e. The highest BCUT2D eigenvalue weighted by molar-refractivity contribution is 5.80. The molecule has 1 fully saturated rings. The number of aromatic nitrogens is 1. The summed E-state index contributed by atoms with van der Waals surface area (Å²) in [6.07, 6.45) is 6.20. The predicted molar refractivity (Wildman–Crippen MR) is 74.2 cm³/mol. The second-order valence-corrected chi connectivity index (χ2v) is 5.10. The van der Waals surface area contributed by atoms with Gasteiger partial charge < -0.3 is 11.5 Å². The quantitative estimate of drug-likeness (QED) is 0.822. The summed E-state index contributed by atoms with van der Waals surface area (Å²) in [4.78, 5) is 17.8. The molecular weight excluding hydrogens is 240 g/mol. The van der Waals surface area contributed by atoms with Crippen LogP contribution in [0, 0.1) is 0 Å². The maximum atomic E-state index is 11.6. The number of pyridine rings is 1. The number of carbonyl (C=O) groups excluding carboxylic acids is 1. The summed E-state index contributed by atoms with van der Waals surface area (Å²) in [5.41, 5.74) is 12.9. The Hall–Kier alpha value is -1.46. The van der Waals surface area contributed by atoms with Gasteiger partial charge >= 0.3 is 0 Å². The fourth-order valence-electron chi connectivity index (χ4n) is 2.90. The van der Waals surface area contributed by atoms with E-state index in [9.17, 15) is 4.79 Å². The van der Waals surface area contributed by atoms with Gasteiger partial charge in [-0.05, 0) is 43.5 Å². The summed E-state index contributed by atoms with van der Waals surface area (Å²) < 4.78 is 0. The molecule has 3 atom stereocenters. The molecular formula is C14H22N4O. The molecule has 1 aromatic rings. The van der Waals surface area contributed by atoms with Crippen molar-refractivity contribution in [1.29, 1.82) is 0 Å². The summed E-state index contributed by atoms with van der Waals surface area (Å²) in [6.45, 7) is 2.93. The van der Waals surface area contributed by atoms with Crippen LogP contribution in [0.25, 0.3) is 0 Å². The van der Waals surface area contributed by atoms with Crippen molar-refractivity contribution in [3.63, 3.8) is 0 Å². The highest BCUT2D eigenvalue weighted by Crippen LogP contribution is 2.31. The Balaban J connectivity index is 2.30. The first-order valence-corrected chi connectivity index (χ1v) is 6.85. The van der Waals surface area contributed by atoms with Gasteiger partial charge in [-0.3, -0.25) is 14.7 Å². The Bertz CT molecular complexity index is 423. The molecule has 1 aliphatic heterocycles. The first kappa shape index (κ1) is 14.0. The van der Waals surface area contributed by atoms with Crippen molar-refractivity contribution in [2.75, 3.05) is 6.54 Å². The van der Waals surface area contributed by atoms with E-state index in [0.717, 1.165) is 31.4 Å². The summed E-state index contributed by atoms with van der Waals surface area (Å²) >= 11 is 0. The summed E-state index contributed by atoms with van der Waals surface area (Å²) in [7, 11) is 0. The molecule has 0 aromatic carbocycles. The van der Waals surface area contributed by atoms with Gasteiger partial charge in [-0.1, -0.05) is 6.92 Å². The third kappa shape index (κ3) is 2.93. The molecule has 3 unspecified atom stereocenters. The van der Waals surface area contributed by atoms with Gasteiger partial charge in [0.15, 0.2) is 0 Å². The van der Waals surface area contributed by atoms with Crippen LogP contribution in [0.1, 0.15) is 37.8 Å². The number of primary amides is 1. The smallest absolute Gasteiger partial charge is 0.234 e. The number of hydrogen-bond acceptors (Lipinski definition) is 4. The molecule has 0 saturated carbocycles. The van der Waals surface area contributed by atoms with E-state index >= 15 is 0 Å². The molecule has 2 heterocycles. The van der Waals surface area contributed by atoms with Gasteiger partial charge in [-0.2, -0.15) is 0 Å². The van der Waals surface area contributed by atoms with Gasteiger partial charge in [-0.25, -0.2) is 0 Å². The van der Waals surface area contributed by atoms with E-state index in [0.29, 0.717) is 0 Å². The van der Waals surface area contributed by atoms with Crippen molar-refractivity contribution in [3.8, 4) is 0 Å². The molecule has 0 radical (unpaired) electrons. The molecule has 0 aliphatic carbocycles. The highest BCUT2D eigenvalue weighted by Gasteiger charge is 2.37. The normalized spacial score (nSPS) is 23.2. The van der Waals surface area contributed by atoms with Crippen LogP contribution in [-0.4, -0.2) is 34.4 Å². The van der Waals surface area contributed by atoms with E-state index in [1.807, 2.05) is 12.1 Å². The van der Waals surface area contributed by atoms with E-state index in [2.05, 4.69) is 16.8 Å². The molecule has 1 aliphatic rings. The molecule has 1 aromatic heterocycles. The third-order valence-electron chi connectivity index (χ3n) is 3.90. The summed E-state index contributed by atoms with van der Waals surface area (Å²) in [5.74, 6) is -0.250. The van der Waals surface area contributed by atoms with Crippen molar-refractivity contribution in [2.45, 2.75) is 44.3 Å². The lowest BCUT2D eigenvalue weighted by atomic mass is 9.96. The molecule has 104 valence electrons. The second-order valence-electron chi connectivity index (χ2n) is 5.10. The van der Waals surface area contributed by atoms with Gasteiger partial charge in [0.2, 0.25) is 5.91 Å². The highest BCUT2D eigenvalue weighted by atomic mass is 16.1. The average molecular weight is 262 g/mol. The first-order chi connectivity index (χ1) is 9.15. The Morgan fingerprint density at radius 3 is 2.79 bits per heavy atom. The van der Waals surface area contributed by atoms with Crippen LogP contribution < -0.4 is 11.5 Å². The molecule has 0 spiro atoms. The minimum absolute atomic E-state index is 0.0117. The van der Waals surface area contributed by atoms with Crippen LogP contribution >= 0.6 is 0 Å². The molecule has 4 N–H and O–H groups in total. The molecule has 5 nitrogen and oxygen atoms in total. The molecule has 1 saturated heterocycles. The molecule has 2 rings (SSSR count). The zero-order valence-corrected chi connectivity index (χ0v) is 11.3. The topological polar surface area (TPSA) is 85.2 Å². The van der Waals surface area contributed by atoms with Gasteiger partial charge in [-0.15, -0.1) is 0 Å². The Morgan fingerprint density at radius 2 is 2.21 bits per heavy atom. The van der Waals surface area contributed by atoms with Gasteiger partial charge in [0.1, 0.15) is 0 Å². The standard InChI is InChI=1S/C14H22N4O/c1-2-11(15)13(10-5-7-17-8-6-10)18-9-3-4-12(18)14(16)19/h5-8,11-13H,2-4,9,15H2,1H3,(H2,16,19). The second kappa shape index (κ2) is 6.12. The maximum absolute atomic E-state index is 11.6. The van der Waals surface area contributed by atoms with Gasteiger partial charge in [0, 0.05) is 18.4 Å². The zero-order valence-electron chi connectivity index (χ0n) is 11.3. The van der Waals surface area contributed by atoms with E-state index in [1.54, 1.807) is 12.4 Å². The molecule has 1 amide bonds. The molecule has 19 heavy (non-hydrogen) atoms. The SMILES string of the molecule is CCC(N)C(c1ccncc1)N1CCCC1C(N)=O. The van der Waals surface area contributed by atoms with Gasteiger partial charge in [0.05, 0.1) is 12.1 Å². The molecule has 5 heteroatoms. The fourth-order valence-corrected chi connectivity index (χ4v) is 2.90. The average Bonchev–Trinajstić information content (AvgIpc) is 2.89. The number of carbonyl (C=O) groups is 1. The minimum atomic E-state index is -0.250. The number of likely N-dealkylation sites (tertiary alicyclic amines) is 1. The lowest BCUT2D eigenvalue weighted by molar-refractivity contribution is -0.123. The van der Waals surface area contributed by atoms with Crippen LogP contribution in [-0.2, 0) is 4.79 Å². The number of nitrogens with zero attached hydrogens (tertiary/aromatic N) is 2. The first-order valence-electron chi connectivity index (χ1n) is 6.85. The lowest BCUT2D eigenvalue weighted by Crippen LogP contribution is -2.47. The largest absolute Gasteiger partial charge is 0.368 e. The predicted octanol–water partition coefficient (Wildman–Crippen LogP) is 0.810. The van der Waals surface area contributed by atoms with E-state index in [-0.39, 0.29) is 24.0 Å². The number of nitrogens with two attached hydrogens (primary N) is 2. The van der Waals surface area contributed by atoms with Gasteiger partial charge in [0.25, 0.3) is 0 Å². The zero-order chi connectivity index (χ0) is 13.8. The summed E-state index contributed by atoms with van der Waals surface area (Å²) in [6, 6.07) is 3.76. The van der Waals surface area contributed by atoms with Crippen molar-refractivity contribution in [1.82, 2.24) is 9.88 Å². The third-order valence-corrected chi connectivity index (χ3v) is 3.90. The van der Waals surface area contributed by atoms with E-state index < -0.39 is 0 Å². The summed E-state index contributed by atoms with van der Waals surface area (Å²) in [5, 5.41) is 0. The Labute approximate surface area is 114 Å². The Morgan fingerprint density at radius 1 is 1.53 bits per heavy atom. The lowest BCUT2D eigenvalue weighted by Gasteiger charge is -2.35. The number of hydrogen-bond donors (Lipinski definition) is 2. The van der Waals surface area contributed by atoms with Crippen molar-refractivity contribution >= 4 is 5.91 Å². The van der Waals surface area contributed by atoms with Crippen molar-refractivity contribution in [3.05, 3.63) is 30.1 Å². The minimum Gasteiger partial charge on any atom is -0.368 e. The van der Waals surface area contributed by atoms with Crippen molar-refractivity contribution in [2.24, 2.45) is 11.5 Å². The van der Waals surface area contributed by atoms with E-state index in [1.165, 1.54) is 0 Å². The van der Waals surface area contributed by atoms with Crippen molar-refractivity contribution < 1.29 is 4.79 Å². The van der Waals surface area contributed by atoms with Crippen LogP contribution in [0.5, 0.6) is 0 Å². The molecule has 0 bridgehead atoms. The monoisotopic (exact) mass is 262 g/mol. The van der Waals surface area contributed by atoms with E-state index in [4.69, 9.17) is 11.5 Å². The van der Waals surface area contributed by atoms with Crippen LogP contribution in [0.4, 0.5) is 0 Å². The number of rotatable bonds is 5. The van der Waals surface area contributed by atoms with Crippen LogP contribution in [0.15, 0.2) is 24.5 Å². The van der Waals surface area contributed by atoms with Crippen LogP contribution in [0.3, 0.4) is 0 Å². The van der Waals surface area contributed by atoms with Crippen LogP contribution in [0.2, 0.25) is 0 Å². The fraction of sp³-hybridized carbons (Fsp3) is 0.571.